The van der Waals surface area contributed by atoms with Gasteiger partial charge < -0.3 is 14.2 Å². The fourth-order valence-corrected chi connectivity index (χ4v) is 3.42. The van der Waals surface area contributed by atoms with Crippen molar-refractivity contribution in [2.45, 2.75) is 59.5 Å². The minimum absolute atomic E-state index is 0.0105. The molecule has 0 aromatic rings. The van der Waals surface area contributed by atoms with Crippen LogP contribution in [0, 0.1) is 23.2 Å². The first kappa shape index (κ1) is 17.3. The third kappa shape index (κ3) is 3.62. The van der Waals surface area contributed by atoms with E-state index in [2.05, 4.69) is 0 Å². The molecule has 5 heteroatoms. The lowest BCUT2D eigenvalue weighted by atomic mass is 9.86. The monoisotopic (exact) mass is 312 g/mol. The fourth-order valence-electron chi connectivity index (χ4n) is 3.42. The highest BCUT2D eigenvalue weighted by Gasteiger charge is 2.52. The predicted octanol–water partition coefficient (Wildman–Crippen LogP) is 2.92. The molecule has 4 atom stereocenters. The smallest absolute Gasteiger partial charge is 0.311 e. The van der Waals surface area contributed by atoms with Crippen molar-refractivity contribution in [2.75, 3.05) is 13.4 Å². The molecule has 0 heterocycles. The number of esters is 2. The van der Waals surface area contributed by atoms with Gasteiger partial charge in [0.05, 0.1) is 11.3 Å². The van der Waals surface area contributed by atoms with E-state index < -0.39 is 5.41 Å². The number of ether oxygens (including phenoxy) is 3. The van der Waals surface area contributed by atoms with Crippen molar-refractivity contribution >= 4 is 11.9 Å². The van der Waals surface area contributed by atoms with E-state index in [0.717, 1.165) is 25.7 Å². The summed E-state index contributed by atoms with van der Waals surface area (Å²) in [5.74, 6) is 0.0556. The Morgan fingerprint density at radius 1 is 1.14 bits per heavy atom. The van der Waals surface area contributed by atoms with Gasteiger partial charge in [0.25, 0.3) is 0 Å². The molecule has 2 fully saturated rings. The molecule has 0 aliphatic heterocycles. The highest BCUT2D eigenvalue weighted by molar-refractivity contribution is 5.76. The van der Waals surface area contributed by atoms with Gasteiger partial charge in [0.15, 0.2) is 6.79 Å². The molecule has 2 aliphatic rings. The van der Waals surface area contributed by atoms with Gasteiger partial charge in [0.1, 0.15) is 6.10 Å². The van der Waals surface area contributed by atoms with Gasteiger partial charge >= 0.3 is 11.9 Å². The molecule has 0 radical (unpaired) electrons. The van der Waals surface area contributed by atoms with Crippen LogP contribution in [0.1, 0.15) is 53.4 Å². The first-order chi connectivity index (χ1) is 10.4. The van der Waals surface area contributed by atoms with Gasteiger partial charge in [-0.2, -0.15) is 0 Å². The Morgan fingerprint density at radius 2 is 1.86 bits per heavy atom. The minimum atomic E-state index is -0.465. The van der Waals surface area contributed by atoms with Crippen molar-refractivity contribution in [2.24, 2.45) is 23.2 Å². The quantitative estimate of drug-likeness (QED) is 0.411. The number of hydrogen-bond donors (Lipinski definition) is 0. The summed E-state index contributed by atoms with van der Waals surface area (Å²) in [5.41, 5.74) is -0.465. The third-order valence-electron chi connectivity index (χ3n) is 5.24. The summed E-state index contributed by atoms with van der Waals surface area (Å²) in [5, 5.41) is 0. The van der Waals surface area contributed by atoms with Crippen LogP contribution in [0.4, 0.5) is 0 Å². The molecule has 2 aliphatic carbocycles. The van der Waals surface area contributed by atoms with Crippen LogP contribution >= 0.6 is 0 Å². The molecule has 5 nitrogen and oxygen atoms in total. The molecule has 22 heavy (non-hydrogen) atoms. The van der Waals surface area contributed by atoms with E-state index >= 15 is 0 Å². The summed E-state index contributed by atoms with van der Waals surface area (Å²) >= 11 is 0. The maximum atomic E-state index is 12.3. The summed E-state index contributed by atoms with van der Waals surface area (Å²) in [7, 11) is 0. The van der Waals surface area contributed by atoms with Gasteiger partial charge in [-0.05, 0) is 52.4 Å². The van der Waals surface area contributed by atoms with Crippen LogP contribution in [-0.4, -0.2) is 31.4 Å². The van der Waals surface area contributed by atoms with Gasteiger partial charge in [-0.25, -0.2) is 0 Å². The van der Waals surface area contributed by atoms with E-state index in [4.69, 9.17) is 14.2 Å². The van der Waals surface area contributed by atoms with E-state index in [-0.39, 0.29) is 36.7 Å². The van der Waals surface area contributed by atoms with Crippen molar-refractivity contribution < 1.29 is 23.8 Å². The molecule has 0 N–H and O–H groups in total. The average molecular weight is 312 g/mol. The molecule has 0 aromatic heterocycles. The normalized spacial score (nSPS) is 30.4. The summed E-state index contributed by atoms with van der Waals surface area (Å²) in [6, 6.07) is 0. The van der Waals surface area contributed by atoms with E-state index in [1.807, 2.05) is 27.7 Å². The minimum Gasteiger partial charge on any atom is -0.462 e. The highest BCUT2D eigenvalue weighted by Crippen LogP contribution is 2.50. The number of carbonyl (C=O) groups excluding carboxylic acids is 2. The molecule has 0 spiro atoms. The Kier molecular flexibility index (Phi) is 5.48. The van der Waals surface area contributed by atoms with Gasteiger partial charge in [-0.1, -0.05) is 6.92 Å². The molecule has 2 bridgehead atoms. The van der Waals surface area contributed by atoms with Gasteiger partial charge in [0, 0.05) is 12.5 Å². The Morgan fingerprint density at radius 3 is 2.45 bits per heavy atom. The topological polar surface area (TPSA) is 61.8 Å². The summed E-state index contributed by atoms with van der Waals surface area (Å²) < 4.78 is 16.0. The predicted molar refractivity (Wildman–Crippen MR) is 80.9 cm³/mol. The number of rotatable bonds is 7. The number of fused-ring (bicyclic) bond motifs is 2. The SMILES string of the molecule is CCOCOC(=O)C1CC2CC(OC(=O)C(C)(C)CC)C1C2. The second kappa shape index (κ2) is 6.99. The first-order valence-corrected chi connectivity index (χ1v) is 8.34. The molecule has 0 amide bonds. The van der Waals surface area contributed by atoms with Crippen LogP contribution in [0.5, 0.6) is 0 Å². The van der Waals surface area contributed by atoms with E-state index in [1.165, 1.54) is 0 Å². The second-order valence-electron chi connectivity index (χ2n) is 7.10. The Labute approximate surface area is 132 Å². The Bertz CT molecular complexity index is 417. The largest absolute Gasteiger partial charge is 0.462 e. The number of hydrogen-bond acceptors (Lipinski definition) is 5. The third-order valence-corrected chi connectivity index (χ3v) is 5.24. The van der Waals surface area contributed by atoms with Crippen LogP contribution in [0.2, 0.25) is 0 Å². The van der Waals surface area contributed by atoms with Crippen molar-refractivity contribution in [3.05, 3.63) is 0 Å². The maximum Gasteiger partial charge on any atom is 0.311 e. The molecule has 0 aromatic carbocycles. The van der Waals surface area contributed by atoms with Crippen LogP contribution in [0.25, 0.3) is 0 Å². The number of carbonyl (C=O) groups is 2. The van der Waals surface area contributed by atoms with Crippen molar-refractivity contribution in [3.8, 4) is 0 Å². The molecule has 2 rings (SSSR count). The molecule has 126 valence electrons. The molecule has 0 saturated heterocycles. The zero-order valence-electron chi connectivity index (χ0n) is 14.1. The van der Waals surface area contributed by atoms with Crippen LogP contribution in [-0.2, 0) is 23.8 Å². The summed E-state index contributed by atoms with van der Waals surface area (Å²) in [6.45, 7) is 8.17. The van der Waals surface area contributed by atoms with Crippen molar-refractivity contribution in [3.63, 3.8) is 0 Å². The molecule has 2 saturated carbocycles. The zero-order chi connectivity index (χ0) is 16.3. The van der Waals surface area contributed by atoms with Crippen LogP contribution in [0.15, 0.2) is 0 Å². The molecular weight excluding hydrogens is 284 g/mol. The van der Waals surface area contributed by atoms with Gasteiger partial charge in [-0.15, -0.1) is 0 Å². The zero-order valence-corrected chi connectivity index (χ0v) is 14.1. The van der Waals surface area contributed by atoms with Gasteiger partial charge in [-0.3, -0.25) is 9.59 Å². The van der Waals surface area contributed by atoms with E-state index in [0.29, 0.717) is 12.5 Å². The van der Waals surface area contributed by atoms with Crippen molar-refractivity contribution in [1.29, 1.82) is 0 Å². The second-order valence-corrected chi connectivity index (χ2v) is 7.10. The maximum absolute atomic E-state index is 12.3. The Balaban J connectivity index is 1.91. The highest BCUT2D eigenvalue weighted by atomic mass is 16.7. The first-order valence-electron chi connectivity index (χ1n) is 8.34. The van der Waals surface area contributed by atoms with Crippen LogP contribution < -0.4 is 0 Å². The average Bonchev–Trinajstić information content (AvgIpc) is 3.07. The molecule has 4 unspecified atom stereocenters. The van der Waals surface area contributed by atoms with E-state index in [1.54, 1.807) is 0 Å². The van der Waals surface area contributed by atoms with Gasteiger partial charge in [0.2, 0.25) is 0 Å². The lowest BCUT2D eigenvalue weighted by Crippen LogP contribution is -2.37. The lowest BCUT2D eigenvalue weighted by Gasteiger charge is -2.31. The molecular formula is C17H28O5. The Hall–Kier alpha value is -1.10. The summed E-state index contributed by atoms with van der Waals surface area (Å²) in [4.78, 5) is 24.4. The van der Waals surface area contributed by atoms with Crippen molar-refractivity contribution in [1.82, 2.24) is 0 Å². The lowest BCUT2D eigenvalue weighted by molar-refractivity contribution is -0.172. The fraction of sp³-hybridized carbons (Fsp3) is 0.882. The standard InChI is InChI=1S/C17H28O5/c1-5-17(3,4)16(19)22-14-9-11-7-12(14)13(8-11)15(18)21-10-20-6-2/h11-14H,5-10H2,1-4H3. The van der Waals surface area contributed by atoms with E-state index in [9.17, 15) is 9.59 Å². The summed E-state index contributed by atoms with van der Waals surface area (Å²) in [6.07, 6.45) is 3.29. The van der Waals surface area contributed by atoms with Crippen LogP contribution in [0.3, 0.4) is 0 Å².